The second-order valence-corrected chi connectivity index (χ2v) is 4.41. The average Bonchev–Trinajstić information content (AvgIpc) is 2.89. The summed E-state index contributed by atoms with van der Waals surface area (Å²) in [7, 11) is 0. The minimum absolute atomic E-state index is 0.0606. The van der Waals surface area contributed by atoms with Crippen LogP contribution in [0, 0.1) is 0 Å². The van der Waals surface area contributed by atoms with Crippen LogP contribution in [0.1, 0.15) is 10.5 Å². The van der Waals surface area contributed by atoms with Gasteiger partial charge in [-0.1, -0.05) is 30.3 Å². The smallest absolute Gasteiger partial charge is 0.267 e. The number of amides is 1. The van der Waals surface area contributed by atoms with Gasteiger partial charge in [-0.05, 0) is 22.9 Å². The maximum atomic E-state index is 11.9. The Kier molecular flexibility index (Phi) is 2.93. The Morgan fingerprint density at radius 2 is 2.00 bits per heavy atom. The number of carbonyl (C=O) groups is 1. The van der Waals surface area contributed by atoms with Crippen LogP contribution < -0.4 is 5.32 Å². The van der Waals surface area contributed by atoms with Crippen molar-refractivity contribution in [2.75, 3.05) is 13.2 Å². The van der Waals surface area contributed by atoms with Gasteiger partial charge in [0.2, 0.25) is 0 Å². The summed E-state index contributed by atoms with van der Waals surface area (Å²) in [6.45, 7) is 0.198. The molecule has 0 saturated heterocycles. The van der Waals surface area contributed by atoms with E-state index in [4.69, 9.17) is 5.11 Å². The molecule has 0 saturated carbocycles. The predicted molar refractivity (Wildman–Crippen MR) is 75.2 cm³/mol. The van der Waals surface area contributed by atoms with E-state index in [1.54, 1.807) is 0 Å². The van der Waals surface area contributed by atoms with Crippen molar-refractivity contribution in [3.63, 3.8) is 0 Å². The summed E-state index contributed by atoms with van der Waals surface area (Å²) in [6.07, 6.45) is 0. The van der Waals surface area contributed by atoms with Gasteiger partial charge in [0.25, 0.3) is 5.91 Å². The molecule has 3 N–H and O–H groups in total. The highest BCUT2D eigenvalue weighted by molar-refractivity contribution is 6.09. The largest absolute Gasteiger partial charge is 0.395 e. The molecule has 0 fully saturated rings. The molecule has 4 heteroatoms. The first-order valence-electron chi connectivity index (χ1n) is 6.19. The minimum Gasteiger partial charge on any atom is -0.395 e. The van der Waals surface area contributed by atoms with Crippen LogP contribution in [0.4, 0.5) is 0 Å². The molecule has 0 unspecified atom stereocenters. The molecule has 1 aromatic heterocycles. The number of aliphatic hydroxyl groups is 1. The average molecular weight is 254 g/mol. The molecule has 2 aromatic carbocycles. The van der Waals surface area contributed by atoms with Crippen LogP contribution >= 0.6 is 0 Å². The van der Waals surface area contributed by atoms with E-state index in [1.807, 2.05) is 42.5 Å². The van der Waals surface area contributed by atoms with E-state index in [-0.39, 0.29) is 19.1 Å². The minimum atomic E-state index is -0.200. The Hall–Kier alpha value is -2.33. The van der Waals surface area contributed by atoms with E-state index in [0.29, 0.717) is 5.69 Å². The topological polar surface area (TPSA) is 65.1 Å². The van der Waals surface area contributed by atoms with Crippen molar-refractivity contribution in [3.8, 4) is 0 Å². The lowest BCUT2D eigenvalue weighted by Gasteiger charge is -1.99. The number of carbonyl (C=O) groups excluding carboxylic acids is 1. The van der Waals surface area contributed by atoms with Crippen molar-refractivity contribution in [2.45, 2.75) is 0 Å². The zero-order valence-electron chi connectivity index (χ0n) is 10.3. The van der Waals surface area contributed by atoms with E-state index < -0.39 is 0 Å². The summed E-state index contributed by atoms with van der Waals surface area (Å²) in [5, 5.41) is 14.7. The van der Waals surface area contributed by atoms with Crippen molar-refractivity contribution in [2.24, 2.45) is 0 Å². The van der Waals surface area contributed by atoms with Gasteiger partial charge in [-0.25, -0.2) is 0 Å². The molecule has 3 aromatic rings. The van der Waals surface area contributed by atoms with Gasteiger partial charge in [0.15, 0.2) is 0 Å². The summed E-state index contributed by atoms with van der Waals surface area (Å²) in [5.74, 6) is -0.200. The molecule has 96 valence electrons. The molecule has 19 heavy (non-hydrogen) atoms. The normalized spacial score (nSPS) is 11.0. The van der Waals surface area contributed by atoms with Crippen molar-refractivity contribution in [3.05, 3.63) is 48.2 Å². The third-order valence-corrected chi connectivity index (χ3v) is 3.17. The van der Waals surface area contributed by atoms with Crippen LogP contribution in [-0.4, -0.2) is 29.1 Å². The number of fused-ring (bicyclic) bond motifs is 3. The number of benzene rings is 2. The standard InChI is InChI=1S/C15H14N2O2/c18-8-7-16-15(19)14-9-12-11-4-2-1-3-10(11)5-6-13(12)17-14/h1-6,9,17-18H,7-8H2,(H,16,19). The van der Waals surface area contributed by atoms with Crippen molar-refractivity contribution in [1.29, 1.82) is 0 Å². The summed E-state index contributed by atoms with van der Waals surface area (Å²) < 4.78 is 0. The first kappa shape index (κ1) is 11.7. The first-order chi connectivity index (χ1) is 9.29. The maximum absolute atomic E-state index is 11.9. The molecule has 0 atom stereocenters. The van der Waals surface area contributed by atoms with Gasteiger partial charge < -0.3 is 15.4 Å². The van der Waals surface area contributed by atoms with Crippen molar-refractivity contribution < 1.29 is 9.90 Å². The number of hydrogen-bond acceptors (Lipinski definition) is 2. The second-order valence-electron chi connectivity index (χ2n) is 4.41. The Morgan fingerprint density at radius 3 is 2.84 bits per heavy atom. The number of rotatable bonds is 3. The van der Waals surface area contributed by atoms with Crippen LogP contribution in [0.3, 0.4) is 0 Å². The van der Waals surface area contributed by atoms with Gasteiger partial charge in [-0.2, -0.15) is 0 Å². The maximum Gasteiger partial charge on any atom is 0.267 e. The summed E-state index contributed by atoms with van der Waals surface area (Å²) in [6, 6.07) is 13.9. The van der Waals surface area contributed by atoms with Gasteiger partial charge in [0, 0.05) is 17.4 Å². The second kappa shape index (κ2) is 4.74. The summed E-state index contributed by atoms with van der Waals surface area (Å²) in [5.41, 5.74) is 1.45. The number of hydrogen-bond donors (Lipinski definition) is 3. The molecule has 3 rings (SSSR count). The van der Waals surface area contributed by atoms with Gasteiger partial charge in [-0.3, -0.25) is 4.79 Å². The molecule has 4 nitrogen and oxygen atoms in total. The van der Waals surface area contributed by atoms with Crippen molar-refractivity contribution in [1.82, 2.24) is 10.3 Å². The fraction of sp³-hybridized carbons (Fsp3) is 0.133. The number of aromatic nitrogens is 1. The first-order valence-corrected chi connectivity index (χ1v) is 6.19. The molecule has 1 heterocycles. The predicted octanol–water partition coefficient (Wildman–Crippen LogP) is 2.04. The number of nitrogens with one attached hydrogen (secondary N) is 2. The van der Waals surface area contributed by atoms with E-state index >= 15 is 0 Å². The lowest BCUT2D eigenvalue weighted by atomic mass is 10.1. The number of H-pyrrole nitrogens is 1. The van der Waals surface area contributed by atoms with E-state index in [0.717, 1.165) is 21.7 Å². The molecule has 0 aliphatic carbocycles. The van der Waals surface area contributed by atoms with Gasteiger partial charge in [-0.15, -0.1) is 0 Å². The lowest BCUT2D eigenvalue weighted by Crippen LogP contribution is -2.26. The highest BCUT2D eigenvalue weighted by atomic mass is 16.3. The van der Waals surface area contributed by atoms with Crippen molar-refractivity contribution >= 4 is 27.6 Å². The van der Waals surface area contributed by atoms with Crippen LogP contribution in [0.25, 0.3) is 21.7 Å². The molecule has 0 spiro atoms. The molecular weight excluding hydrogens is 240 g/mol. The van der Waals surface area contributed by atoms with Crippen LogP contribution in [0.5, 0.6) is 0 Å². The zero-order valence-corrected chi connectivity index (χ0v) is 10.3. The number of aliphatic hydroxyl groups excluding tert-OH is 1. The Balaban J connectivity index is 2.10. The molecule has 0 bridgehead atoms. The Bertz CT molecular complexity index is 746. The van der Waals surface area contributed by atoms with Crippen LogP contribution in [-0.2, 0) is 0 Å². The van der Waals surface area contributed by atoms with Gasteiger partial charge >= 0.3 is 0 Å². The van der Waals surface area contributed by atoms with Crippen LogP contribution in [0.2, 0.25) is 0 Å². The number of aromatic amines is 1. The Morgan fingerprint density at radius 1 is 1.16 bits per heavy atom. The fourth-order valence-corrected chi connectivity index (χ4v) is 2.27. The third kappa shape index (κ3) is 2.06. The fourth-order valence-electron chi connectivity index (χ4n) is 2.27. The van der Waals surface area contributed by atoms with E-state index in [9.17, 15) is 4.79 Å². The van der Waals surface area contributed by atoms with Gasteiger partial charge in [0.1, 0.15) is 5.69 Å². The third-order valence-electron chi connectivity index (χ3n) is 3.17. The molecular formula is C15H14N2O2. The molecule has 0 radical (unpaired) electrons. The lowest BCUT2D eigenvalue weighted by molar-refractivity contribution is 0.0940. The van der Waals surface area contributed by atoms with Crippen LogP contribution in [0.15, 0.2) is 42.5 Å². The quantitative estimate of drug-likeness (QED) is 0.669. The highest BCUT2D eigenvalue weighted by Gasteiger charge is 2.10. The van der Waals surface area contributed by atoms with E-state index in [2.05, 4.69) is 10.3 Å². The van der Waals surface area contributed by atoms with E-state index in [1.165, 1.54) is 0 Å². The summed E-state index contributed by atoms with van der Waals surface area (Å²) >= 11 is 0. The molecule has 0 aliphatic rings. The zero-order chi connectivity index (χ0) is 13.2. The Labute approximate surface area is 110 Å². The monoisotopic (exact) mass is 254 g/mol. The highest BCUT2D eigenvalue weighted by Crippen LogP contribution is 2.25. The molecule has 1 amide bonds. The molecule has 0 aliphatic heterocycles. The SMILES string of the molecule is O=C(NCCO)c1cc2c(ccc3ccccc32)[nH]1. The summed E-state index contributed by atoms with van der Waals surface area (Å²) in [4.78, 5) is 15.0. The van der Waals surface area contributed by atoms with Gasteiger partial charge in [0.05, 0.1) is 6.61 Å².